The van der Waals surface area contributed by atoms with Gasteiger partial charge in [-0.3, -0.25) is 4.79 Å². The number of halogens is 1. The highest BCUT2D eigenvalue weighted by Crippen LogP contribution is 2.53. The molecular formula is C23H34IO4P. The van der Waals surface area contributed by atoms with Gasteiger partial charge < -0.3 is 14.4 Å². The first-order chi connectivity index (χ1) is 14.0. The number of aliphatic hydroxyl groups excluding tert-OH is 1. The molecule has 2 rings (SSSR count). The van der Waals surface area contributed by atoms with Gasteiger partial charge in [-0.05, 0) is 78.8 Å². The van der Waals surface area contributed by atoms with Gasteiger partial charge in [0.05, 0.1) is 25.8 Å². The van der Waals surface area contributed by atoms with E-state index in [0.717, 1.165) is 32.1 Å². The van der Waals surface area contributed by atoms with E-state index in [1.807, 2.05) is 19.9 Å². The maximum Gasteiger partial charge on any atom is 0.305 e. The zero-order valence-electron chi connectivity index (χ0n) is 17.7. The summed E-state index contributed by atoms with van der Waals surface area (Å²) in [6.07, 6.45) is 12.7. The summed E-state index contributed by atoms with van der Waals surface area (Å²) in [5, 5.41) is 10.5. The molecule has 6 heteroatoms. The van der Waals surface area contributed by atoms with Gasteiger partial charge in [0, 0.05) is 18.8 Å². The van der Waals surface area contributed by atoms with Crippen LogP contribution in [0.4, 0.5) is 0 Å². The lowest BCUT2D eigenvalue weighted by molar-refractivity contribution is -0.140. The van der Waals surface area contributed by atoms with Gasteiger partial charge in [0.15, 0.2) is 0 Å². The summed E-state index contributed by atoms with van der Waals surface area (Å²) in [5.74, 6) is 7.58. The van der Waals surface area contributed by atoms with Gasteiger partial charge in [0.2, 0.25) is 0 Å². The average Bonchev–Trinajstić information content (AvgIpc) is 3.24. The molecule has 0 aromatic carbocycles. The molecule has 162 valence electrons. The first-order valence-electron chi connectivity index (χ1n) is 10.5. The third-order valence-electron chi connectivity index (χ3n) is 6.24. The summed E-state index contributed by atoms with van der Waals surface area (Å²) in [7, 11) is 1.44. The van der Waals surface area contributed by atoms with Crippen molar-refractivity contribution in [2.45, 2.75) is 71.0 Å². The smallest absolute Gasteiger partial charge is 0.305 e. The Morgan fingerprint density at radius 3 is 2.93 bits per heavy atom. The zero-order chi connectivity index (χ0) is 21.2. The Morgan fingerprint density at radius 2 is 2.24 bits per heavy atom. The summed E-state index contributed by atoms with van der Waals surface area (Å²) in [5.41, 5.74) is 1.52. The van der Waals surface area contributed by atoms with Gasteiger partial charge in [-0.2, -0.15) is 0 Å². The molecular weight excluding hydrogens is 498 g/mol. The monoisotopic (exact) mass is 532 g/mol. The Labute approximate surface area is 190 Å². The Balaban J connectivity index is 1.96. The van der Waals surface area contributed by atoms with E-state index in [9.17, 15) is 9.90 Å². The number of esters is 1. The van der Waals surface area contributed by atoms with Crippen LogP contribution in [0.2, 0.25) is 0 Å². The first kappa shape index (κ1) is 24.9. The molecule has 0 heterocycles. The van der Waals surface area contributed by atoms with Crippen molar-refractivity contribution in [3.63, 3.8) is 0 Å². The van der Waals surface area contributed by atoms with Crippen molar-refractivity contribution in [2.24, 2.45) is 23.7 Å². The molecule has 2 saturated carbocycles. The predicted octanol–water partition coefficient (Wildman–Crippen LogP) is 5.60. The molecule has 2 unspecified atom stereocenters. The number of carbonyl (C=O) groups excluding carboxylic acids is 1. The topological polar surface area (TPSA) is 55.8 Å². The number of carbonyl (C=O) groups is 1. The quantitative estimate of drug-likeness (QED) is 0.0995. The number of unbranched alkanes of at least 4 members (excludes halogenated alkanes) is 1. The minimum Gasteiger partial charge on any atom is -0.469 e. The van der Waals surface area contributed by atoms with Crippen molar-refractivity contribution in [1.82, 2.24) is 0 Å². The molecule has 2 aliphatic carbocycles. The van der Waals surface area contributed by atoms with Crippen LogP contribution in [-0.4, -0.2) is 30.4 Å². The van der Waals surface area contributed by atoms with Gasteiger partial charge in [-0.1, -0.05) is 30.7 Å². The molecule has 2 fully saturated rings. The van der Waals surface area contributed by atoms with Crippen LogP contribution in [0.15, 0.2) is 23.8 Å². The number of rotatable bonds is 10. The zero-order valence-corrected chi connectivity index (χ0v) is 20.9. The molecule has 0 spiro atoms. The van der Waals surface area contributed by atoms with Crippen LogP contribution in [0.25, 0.3) is 0 Å². The third kappa shape index (κ3) is 7.65. The fourth-order valence-electron chi connectivity index (χ4n) is 4.57. The van der Waals surface area contributed by atoms with Gasteiger partial charge in [-0.15, -0.1) is 11.8 Å². The van der Waals surface area contributed by atoms with E-state index in [1.54, 1.807) is 0 Å². The maximum absolute atomic E-state index is 11.2. The van der Waals surface area contributed by atoms with Crippen molar-refractivity contribution in [1.29, 1.82) is 0 Å². The van der Waals surface area contributed by atoms with E-state index >= 15 is 0 Å². The van der Waals surface area contributed by atoms with Crippen LogP contribution in [0, 0.1) is 35.5 Å². The van der Waals surface area contributed by atoms with Crippen molar-refractivity contribution < 1.29 is 19.2 Å². The number of aliphatic hydroxyl groups is 1. The maximum atomic E-state index is 11.2. The van der Waals surface area contributed by atoms with Crippen LogP contribution in [0.3, 0.4) is 0 Å². The number of ether oxygens (including phenoxy) is 1. The second-order valence-electron chi connectivity index (χ2n) is 8.19. The standard InChI is InChI=1S/C23H34IO4P/c1-4-5-8-16(2)21(25)12-11-19-20-14-17(9-6-7-10-23(26)27-3)13-18(20)15-22(19)28-29-24/h9,11-12,16,18-22,25,29H,6-8,10,13-15H2,1-3H3/b12-11+,17-9+/t16?,18-,19+,20-,21+,22+/m0/s1. The number of hydrogen-bond acceptors (Lipinski definition) is 4. The van der Waals surface area contributed by atoms with Gasteiger partial charge in [-0.25, -0.2) is 0 Å². The van der Waals surface area contributed by atoms with Gasteiger partial charge in [0.1, 0.15) is 0 Å². The minimum absolute atomic E-state index is 0.130. The molecule has 0 saturated heterocycles. The molecule has 0 aromatic heterocycles. The van der Waals surface area contributed by atoms with Crippen molar-refractivity contribution in [2.75, 3.05) is 7.11 Å². The first-order valence-corrected chi connectivity index (χ1v) is 14.5. The van der Waals surface area contributed by atoms with E-state index in [4.69, 9.17) is 9.26 Å². The van der Waals surface area contributed by atoms with Gasteiger partial charge >= 0.3 is 5.97 Å². The molecule has 0 aliphatic heterocycles. The Kier molecular flexibility index (Phi) is 11.2. The van der Waals surface area contributed by atoms with Crippen LogP contribution in [-0.2, 0) is 14.1 Å². The second-order valence-corrected chi connectivity index (χ2v) is 9.90. The fraction of sp³-hybridized carbons (Fsp3) is 0.696. The number of allylic oxidation sites excluding steroid dienone is 2. The molecule has 0 bridgehead atoms. The van der Waals surface area contributed by atoms with E-state index in [1.165, 1.54) is 12.7 Å². The third-order valence-corrected chi connectivity index (χ3v) is 7.40. The minimum atomic E-state index is -0.465. The highest BCUT2D eigenvalue weighted by Gasteiger charge is 2.46. The fourth-order valence-corrected chi connectivity index (χ4v) is 5.92. The SMILES string of the molecule is CC#CCC(C)[C@H](O)/C=C/[C@@H]1[C@H]2C/C(=C/CCCC(=O)OC)C[C@H]2C[C@H]1OPI. The Morgan fingerprint density at radius 1 is 1.45 bits per heavy atom. The van der Waals surface area contributed by atoms with Gasteiger partial charge in [0.25, 0.3) is 0 Å². The lowest BCUT2D eigenvalue weighted by Gasteiger charge is -2.21. The number of methoxy groups -OCH3 is 1. The lowest BCUT2D eigenvalue weighted by Crippen LogP contribution is -2.20. The molecule has 1 N–H and O–H groups in total. The van der Waals surface area contributed by atoms with Crippen molar-refractivity contribution in [3.05, 3.63) is 23.8 Å². The summed E-state index contributed by atoms with van der Waals surface area (Å²) in [6.45, 7) is 4.34. The molecule has 0 amide bonds. The summed E-state index contributed by atoms with van der Waals surface area (Å²) in [4.78, 5) is 11.2. The Hall–Kier alpha value is -0.410. The molecule has 2 aliphatic rings. The van der Waals surface area contributed by atoms with E-state index in [-0.39, 0.29) is 18.0 Å². The van der Waals surface area contributed by atoms with Crippen molar-refractivity contribution >= 4 is 34.5 Å². The van der Waals surface area contributed by atoms with Crippen molar-refractivity contribution in [3.8, 4) is 11.8 Å². The molecule has 0 radical (unpaired) electrons. The molecule has 0 aromatic rings. The van der Waals surface area contributed by atoms with Crippen LogP contribution in [0.5, 0.6) is 0 Å². The summed E-state index contributed by atoms with van der Waals surface area (Å²) >= 11 is 2.30. The molecule has 29 heavy (non-hydrogen) atoms. The summed E-state index contributed by atoms with van der Waals surface area (Å²) < 4.78 is 10.8. The van der Waals surface area contributed by atoms with Crippen LogP contribution < -0.4 is 0 Å². The van der Waals surface area contributed by atoms with E-state index in [0.29, 0.717) is 37.0 Å². The number of fused-ring (bicyclic) bond motifs is 1. The predicted molar refractivity (Wildman–Crippen MR) is 128 cm³/mol. The lowest BCUT2D eigenvalue weighted by atomic mass is 9.89. The largest absolute Gasteiger partial charge is 0.469 e. The number of hydrogen-bond donors (Lipinski definition) is 1. The summed E-state index contributed by atoms with van der Waals surface area (Å²) in [6, 6.07) is 0. The Bertz CT molecular complexity index is 651. The highest BCUT2D eigenvalue weighted by molar-refractivity contribution is 14.2. The average molecular weight is 532 g/mol. The van der Waals surface area contributed by atoms with Crippen LogP contribution >= 0.6 is 28.5 Å². The molecule has 4 nitrogen and oxygen atoms in total. The highest BCUT2D eigenvalue weighted by atomic mass is 127. The molecule has 7 atom stereocenters. The van der Waals surface area contributed by atoms with Crippen LogP contribution in [0.1, 0.15) is 58.8 Å². The van der Waals surface area contributed by atoms with E-state index in [2.05, 4.69) is 46.0 Å². The second kappa shape index (κ2) is 13.1. The normalized spacial score (nSPS) is 29.9. The van der Waals surface area contributed by atoms with E-state index < -0.39 is 6.10 Å².